The molecule has 0 unspecified atom stereocenters. The maximum Gasteiger partial charge on any atom is 0.185 e. The van der Waals surface area contributed by atoms with Crippen molar-refractivity contribution in [3.05, 3.63) is 36.2 Å². The van der Waals surface area contributed by atoms with Gasteiger partial charge in [-0.1, -0.05) is 11.2 Å². The molecule has 0 spiro atoms. The van der Waals surface area contributed by atoms with Gasteiger partial charge in [-0.05, 0) is 12.1 Å². The van der Waals surface area contributed by atoms with Crippen LogP contribution in [0.2, 0.25) is 0 Å². The van der Waals surface area contributed by atoms with Gasteiger partial charge in [-0.15, -0.1) is 0 Å². The molecule has 0 aliphatic carbocycles. The van der Waals surface area contributed by atoms with E-state index in [4.69, 9.17) is 4.52 Å². The maximum atomic E-state index is 10.9. The highest BCUT2D eigenvalue weighted by Gasteiger charge is 2.09. The number of ketones is 1. The lowest BCUT2D eigenvalue weighted by Gasteiger charge is -1.90. The Balaban J connectivity index is 2.39. The van der Waals surface area contributed by atoms with Crippen molar-refractivity contribution in [2.24, 2.45) is 0 Å². The molecule has 4 nitrogen and oxygen atoms in total. The molecule has 0 radical (unpaired) electrons. The third kappa shape index (κ3) is 1.54. The molecule has 0 fully saturated rings. The molecule has 2 aromatic heterocycles. The number of carbonyl (C=O) groups is 1. The van der Waals surface area contributed by atoms with Gasteiger partial charge in [0.25, 0.3) is 0 Å². The lowest BCUT2D eigenvalue weighted by atomic mass is 10.2. The summed E-state index contributed by atoms with van der Waals surface area (Å²) < 4.78 is 4.98. The molecule has 0 saturated carbocycles. The summed E-state index contributed by atoms with van der Waals surface area (Å²) >= 11 is 0. The Hall–Kier alpha value is -1.97. The van der Waals surface area contributed by atoms with Crippen LogP contribution < -0.4 is 0 Å². The highest BCUT2D eigenvalue weighted by Crippen LogP contribution is 2.17. The molecule has 2 heterocycles. The van der Waals surface area contributed by atoms with Crippen LogP contribution in [0.3, 0.4) is 0 Å². The van der Waals surface area contributed by atoms with E-state index in [1.165, 1.54) is 6.92 Å². The summed E-state index contributed by atoms with van der Waals surface area (Å²) in [6.07, 6.45) is 1.66. The molecule has 0 N–H and O–H groups in total. The third-order valence-corrected chi connectivity index (χ3v) is 1.79. The van der Waals surface area contributed by atoms with E-state index in [1.54, 1.807) is 18.3 Å². The van der Waals surface area contributed by atoms with Crippen LogP contribution in [0.1, 0.15) is 17.4 Å². The van der Waals surface area contributed by atoms with Crippen molar-refractivity contribution < 1.29 is 9.32 Å². The normalized spacial score (nSPS) is 10.1. The second kappa shape index (κ2) is 3.41. The van der Waals surface area contributed by atoms with Crippen LogP contribution >= 0.6 is 0 Å². The van der Waals surface area contributed by atoms with Gasteiger partial charge >= 0.3 is 0 Å². The Labute approximate surface area is 80.6 Å². The molecular weight excluding hydrogens is 180 g/mol. The summed E-state index contributed by atoms with van der Waals surface area (Å²) in [5.41, 5.74) is 0.998. The fourth-order valence-electron chi connectivity index (χ4n) is 1.07. The van der Waals surface area contributed by atoms with Gasteiger partial charge in [-0.3, -0.25) is 9.78 Å². The van der Waals surface area contributed by atoms with Crippen LogP contribution in [0.4, 0.5) is 0 Å². The zero-order valence-electron chi connectivity index (χ0n) is 7.60. The Kier molecular flexibility index (Phi) is 2.10. The summed E-state index contributed by atoms with van der Waals surface area (Å²) in [6, 6.07) is 7.04. The van der Waals surface area contributed by atoms with Crippen molar-refractivity contribution in [2.75, 3.05) is 0 Å². The van der Waals surface area contributed by atoms with E-state index < -0.39 is 0 Å². The Morgan fingerprint density at radius 3 is 2.86 bits per heavy atom. The zero-order valence-corrected chi connectivity index (χ0v) is 7.60. The van der Waals surface area contributed by atoms with E-state index >= 15 is 0 Å². The molecular formula is C10H8N2O2. The molecule has 0 aliphatic heterocycles. The van der Waals surface area contributed by atoms with Crippen molar-refractivity contribution in [2.45, 2.75) is 6.92 Å². The third-order valence-electron chi connectivity index (χ3n) is 1.79. The first-order chi connectivity index (χ1) is 6.77. The quantitative estimate of drug-likeness (QED) is 0.676. The van der Waals surface area contributed by atoms with Crippen molar-refractivity contribution in [1.29, 1.82) is 0 Å². The molecule has 0 amide bonds. The minimum atomic E-state index is -0.115. The van der Waals surface area contributed by atoms with E-state index in [0.29, 0.717) is 17.1 Å². The predicted molar refractivity (Wildman–Crippen MR) is 49.7 cm³/mol. The first kappa shape index (κ1) is 8.62. The molecule has 0 bridgehead atoms. The van der Waals surface area contributed by atoms with E-state index in [9.17, 15) is 4.79 Å². The van der Waals surface area contributed by atoms with E-state index in [2.05, 4.69) is 10.1 Å². The number of nitrogens with zero attached hydrogens (tertiary/aromatic N) is 2. The maximum absolute atomic E-state index is 10.9. The van der Waals surface area contributed by atoms with Gasteiger partial charge in [-0.2, -0.15) is 0 Å². The van der Waals surface area contributed by atoms with Crippen molar-refractivity contribution in [3.63, 3.8) is 0 Å². The van der Waals surface area contributed by atoms with Crippen LogP contribution in [0.5, 0.6) is 0 Å². The van der Waals surface area contributed by atoms with Crippen LogP contribution in [-0.2, 0) is 0 Å². The molecule has 0 aliphatic rings. The Morgan fingerprint density at radius 2 is 2.29 bits per heavy atom. The first-order valence-electron chi connectivity index (χ1n) is 4.16. The smallest absolute Gasteiger partial charge is 0.185 e. The molecule has 14 heavy (non-hydrogen) atoms. The monoisotopic (exact) mass is 188 g/mol. The lowest BCUT2D eigenvalue weighted by Crippen LogP contribution is -1.89. The second-order valence-corrected chi connectivity index (χ2v) is 2.85. The second-order valence-electron chi connectivity index (χ2n) is 2.85. The highest BCUT2D eigenvalue weighted by molar-refractivity contribution is 5.92. The molecule has 4 heteroatoms. The number of hydrogen-bond donors (Lipinski definition) is 0. The number of rotatable bonds is 2. The standard InChI is InChI=1S/C10H8N2O2/c1-7(13)9-6-10(14-12-9)8-4-2-3-5-11-8/h2-6H,1H3. The largest absolute Gasteiger partial charge is 0.354 e. The van der Waals surface area contributed by atoms with Crippen LogP contribution in [-0.4, -0.2) is 15.9 Å². The summed E-state index contributed by atoms with van der Waals surface area (Å²) in [4.78, 5) is 15.0. The summed E-state index contributed by atoms with van der Waals surface area (Å²) in [5.74, 6) is 0.395. The highest BCUT2D eigenvalue weighted by atomic mass is 16.5. The average Bonchev–Trinajstić information content (AvgIpc) is 2.68. The number of pyridine rings is 1. The lowest BCUT2D eigenvalue weighted by molar-refractivity contribution is 0.100. The summed E-state index contributed by atoms with van der Waals surface area (Å²) in [7, 11) is 0. The molecule has 70 valence electrons. The molecule has 2 aromatic rings. The predicted octanol–water partition coefficient (Wildman–Crippen LogP) is 1.94. The molecule has 2 rings (SSSR count). The van der Waals surface area contributed by atoms with Gasteiger partial charge in [0.1, 0.15) is 11.4 Å². The van der Waals surface area contributed by atoms with E-state index in [1.807, 2.05) is 12.1 Å². The average molecular weight is 188 g/mol. The van der Waals surface area contributed by atoms with Gasteiger partial charge in [0, 0.05) is 19.2 Å². The van der Waals surface area contributed by atoms with Crippen molar-refractivity contribution in [3.8, 4) is 11.5 Å². The summed E-state index contributed by atoms with van der Waals surface area (Å²) in [5, 5.41) is 3.63. The molecule has 0 aromatic carbocycles. The number of carbonyl (C=O) groups excluding carboxylic acids is 1. The SMILES string of the molecule is CC(=O)c1cc(-c2ccccn2)on1. The fourth-order valence-corrected chi connectivity index (χ4v) is 1.07. The Bertz CT molecular complexity index is 448. The summed E-state index contributed by atoms with van der Waals surface area (Å²) in [6.45, 7) is 1.44. The van der Waals surface area contributed by atoms with Gasteiger partial charge in [0.2, 0.25) is 0 Å². The van der Waals surface area contributed by atoms with E-state index in [-0.39, 0.29) is 5.78 Å². The molecule has 0 atom stereocenters. The minimum absolute atomic E-state index is 0.115. The van der Waals surface area contributed by atoms with Crippen LogP contribution in [0.25, 0.3) is 11.5 Å². The fraction of sp³-hybridized carbons (Fsp3) is 0.100. The number of hydrogen-bond acceptors (Lipinski definition) is 4. The Morgan fingerprint density at radius 1 is 1.43 bits per heavy atom. The van der Waals surface area contributed by atoms with Gasteiger partial charge < -0.3 is 4.52 Å². The van der Waals surface area contributed by atoms with Gasteiger partial charge in [0.05, 0.1) is 0 Å². The van der Waals surface area contributed by atoms with Gasteiger partial charge in [-0.25, -0.2) is 0 Å². The first-order valence-corrected chi connectivity index (χ1v) is 4.16. The van der Waals surface area contributed by atoms with E-state index in [0.717, 1.165) is 0 Å². The van der Waals surface area contributed by atoms with Gasteiger partial charge in [0.15, 0.2) is 11.5 Å². The van der Waals surface area contributed by atoms with Crippen LogP contribution in [0.15, 0.2) is 35.0 Å². The zero-order chi connectivity index (χ0) is 9.97. The topological polar surface area (TPSA) is 56.0 Å². The number of aromatic nitrogens is 2. The van der Waals surface area contributed by atoms with Crippen LogP contribution in [0, 0.1) is 0 Å². The van der Waals surface area contributed by atoms with Crippen molar-refractivity contribution >= 4 is 5.78 Å². The minimum Gasteiger partial charge on any atom is -0.354 e. The molecule has 0 saturated heterocycles. The number of Topliss-reactive ketones (excluding diaryl/α,β-unsaturated/α-hetero) is 1. The van der Waals surface area contributed by atoms with Crippen molar-refractivity contribution in [1.82, 2.24) is 10.1 Å².